The first kappa shape index (κ1) is 36.3. The number of para-hydroxylation sites is 1. The summed E-state index contributed by atoms with van der Waals surface area (Å²) in [7, 11) is 1.86. The van der Waals surface area contributed by atoms with Crippen LogP contribution < -0.4 is 4.74 Å². The van der Waals surface area contributed by atoms with Crippen LogP contribution in [0.4, 0.5) is 4.79 Å². The van der Waals surface area contributed by atoms with Crippen LogP contribution in [0.2, 0.25) is 0 Å². The first-order chi connectivity index (χ1) is 21.5. The number of nitrogens with zero attached hydrogens (tertiary/aromatic N) is 2. The number of esters is 2. The van der Waals surface area contributed by atoms with E-state index in [1.807, 2.05) is 11.6 Å². The molecule has 0 aliphatic carbocycles. The molecule has 1 atom stereocenters. The highest BCUT2D eigenvalue weighted by atomic mass is 16.8. The zero-order chi connectivity index (χ0) is 31.7. The molecule has 242 valence electrons. The van der Waals surface area contributed by atoms with Gasteiger partial charge in [-0.15, -0.1) is 0 Å². The van der Waals surface area contributed by atoms with E-state index in [1.165, 1.54) is 25.7 Å². The summed E-state index contributed by atoms with van der Waals surface area (Å²) in [4.78, 5) is 40.8. The molecular weight excluding hydrogens is 560 g/mol. The summed E-state index contributed by atoms with van der Waals surface area (Å²) < 4.78 is 22.3. The number of hydrogen-bond donors (Lipinski definition) is 0. The third-order valence-corrected chi connectivity index (χ3v) is 7.02. The van der Waals surface area contributed by atoms with E-state index in [4.69, 9.17) is 18.9 Å². The fourth-order valence-electron chi connectivity index (χ4n) is 4.48. The van der Waals surface area contributed by atoms with Gasteiger partial charge in [0.2, 0.25) is 6.79 Å². The van der Waals surface area contributed by atoms with Gasteiger partial charge in [-0.3, -0.25) is 9.59 Å². The van der Waals surface area contributed by atoms with Crippen molar-refractivity contribution in [2.45, 2.75) is 96.8 Å². The van der Waals surface area contributed by atoms with Gasteiger partial charge >= 0.3 is 18.1 Å². The molecule has 0 spiro atoms. The van der Waals surface area contributed by atoms with Crippen molar-refractivity contribution in [2.75, 3.05) is 13.4 Å². The summed E-state index contributed by atoms with van der Waals surface area (Å²) in [6, 6.07) is 8.43. The number of aryl methyl sites for hydroxylation is 1. The Bertz CT molecular complexity index is 1130. The summed E-state index contributed by atoms with van der Waals surface area (Å²) in [5.74, 6) is -0.843. The molecule has 0 saturated carbocycles. The highest BCUT2D eigenvalue weighted by Crippen LogP contribution is 2.16. The molecule has 9 nitrogen and oxygen atoms in total. The van der Waals surface area contributed by atoms with Crippen LogP contribution in [0.25, 0.3) is 0 Å². The quantitative estimate of drug-likeness (QED) is 0.0409. The molecule has 1 unspecified atom stereocenters. The van der Waals surface area contributed by atoms with Gasteiger partial charge in [-0.2, -0.15) is 0 Å². The molecule has 0 fully saturated rings. The zero-order valence-electron chi connectivity index (χ0n) is 26.5. The van der Waals surface area contributed by atoms with Gasteiger partial charge in [-0.05, 0) is 57.1 Å². The molecule has 0 radical (unpaired) electrons. The van der Waals surface area contributed by atoms with Gasteiger partial charge in [-0.1, -0.05) is 81.5 Å². The number of ether oxygens (including phenoxy) is 4. The Labute approximate surface area is 262 Å². The van der Waals surface area contributed by atoms with E-state index in [1.54, 1.807) is 42.9 Å². The monoisotopic (exact) mass is 610 g/mol. The third-order valence-electron chi connectivity index (χ3n) is 7.02. The first-order valence-corrected chi connectivity index (χ1v) is 15.9. The minimum absolute atomic E-state index is 0.0146. The molecule has 0 bridgehead atoms. The van der Waals surface area contributed by atoms with Crippen LogP contribution in [0.3, 0.4) is 0 Å². The lowest BCUT2D eigenvalue weighted by molar-refractivity contribution is -0.156. The van der Waals surface area contributed by atoms with Crippen molar-refractivity contribution in [1.82, 2.24) is 9.55 Å². The molecule has 0 saturated heterocycles. The van der Waals surface area contributed by atoms with Gasteiger partial charge in [0.05, 0.1) is 19.4 Å². The highest BCUT2D eigenvalue weighted by molar-refractivity contribution is 5.71. The van der Waals surface area contributed by atoms with Gasteiger partial charge in [0.25, 0.3) is 0 Å². The molecule has 1 heterocycles. The van der Waals surface area contributed by atoms with Gasteiger partial charge < -0.3 is 23.5 Å². The van der Waals surface area contributed by atoms with E-state index >= 15 is 0 Å². The van der Waals surface area contributed by atoms with Gasteiger partial charge in [-0.25, -0.2) is 9.78 Å². The Morgan fingerprint density at radius 2 is 1.55 bits per heavy atom. The molecule has 2 aromatic rings. The van der Waals surface area contributed by atoms with E-state index in [0.29, 0.717) is 18.6 Å². The largest absolute Gasteiger partial charge is 0.516 e. The molecule has 1 aromatic carbocycles. The second-order valence-corrected chi connectivity index (χ2v) is 10.9. The van der Waals surface area contributed by atoms with Crippen molar-refractivity contribution in [3.05, 3.63) is 72.9 Å². The second kappa shape index (κ2) is 23.6. The van der Waals surface area contributed by atoms with E-state index in [2.05, 4.69) is 36.2 Å². The van der Waals surface area contributed by atoms with Crippen molar-refractivity contribution in [3.8, 4) is 5.75 Å². The van der Waals surface area contributed by atoms with E-state index in [0.717, 1.165) is 50.6 Å². The van der Waals surface area contributed by atoms with E-state index in [-0.39, 0.29) is 24.9 Å². The van der Waals surface area contributed by atoms with Crippen LogP contribution >= 0.6 is 0 Å². The molecular formula is C35H50N2O7. The Balaban J connectivity index is 1.60. The molecule has 0 aliphatic rings. The SMILES string of the molecule is CCCCC/C=C\C/C=C\CCCCCCCC(=O)OCC(CC(=O)OCOC(=O)Oc1ccccc1)Cc1cncn1C. The number of carbonyl (C=O) groups excluding carboxylic acids is 3. The van der Waals surface area contributed by atoms with Crippen LogP contribution in [0, 0.1) is 5.92 Å². The Hall–Kier alpha value is -3.88. The molecule has 1 aromatic heterocycles. The number of imidazole rings is 1. The summed E-state index contributed by atoms with van der Waals surface area (Å²) >= 11 is 0. The molecule has 2 rings (SSSR count). The molecule has 0 N–H and O–H groups in total. The smallest absolute Gasteiger partial charge is 0.465 e. The predicted octanol–water partition coefficient (Wildman–Crippen LogP) is 8.04. The maximum atomic E-state index is 12.5. The van der Waals surface area contributed by atoms with E-state index < -0.39 is 18.9 Å². The number of carbonyl (C=O) groups is 3. The Kier molecular flexibility index (Phi) is 19.4. The van der Waals surface area contributed by atoms with Crippen LogP contribution in [0.5, 0.6) is 5.75 Å². The van der Waals surface area contributed by atoms with Gasteiger partial charge in [0.1, 0.15) is 5.75 Å². The number of aromatic nitrogens is 2. The standard InChI is InChI=1S/C35H50N2O7/c1-3-4-5-6-7-8-9-10-11-12-13-14-15-16-20-23-33(38)41-27-30(24-31-26-36-28-37(31)2)25-34(39)42-29-43-35(40)44-32-21-18-17-19-22-32/h7-8,10-11,17-19,21-22,26,28,30H,3-6,9,12-16,20,23-25,27,29H2,1-2H3/b8-7-,11-10-. The summed E-state index contributed by atoms with van der Waals surface area (Å²) in [6.07, 6.45) is 24.6. The lowest BCUT2D eigenvalue weighted by Crippen LogP contribution is -2.23. The zero-order valence-corrected chi connectivity index (χ0v) is 26.5. The Morgan fingerprint density at radius 3 is 2.25 bits per heavy atom. The minimum atomic E-state index is -0.974. The van der Waals surface area contributed by atoms with Crippen molar-refractivity contribution in [3.63, 3.8) is 0 Å². The summed E-state index contributed by atoms with van der Waals surface area (Å²) in [5.41, 5.74) is 0.898. The fourth-order valence-corrected chi connectivity index (χ4v) is 4.48. The van der Waals surface area contributed by atoms with Crippen LogP contribution in [-0.4, -0.2) is 41.0 Å². The van der Waals surface area contributed by atoms with Crippen molar-refractivity contribution in [1.29, 1.82) is 0 Å². The average molecular weight is 611 g/mol. The number of rotatable bonds is 23. The fraction of sp³-hybridized carbons (Fsp3) is 0.543. The van der Waals surface area contributed by atoms with Crippen LogP contribution in [0.1, 0.15) is 96.1 Å². The van der Waals surface area contributed by atoms with Gasteiger partial charge in [0, 0.05) is 31.3 Å². The highest BCUT2D eigenvalue weighted by Gasteiger charge is 2.20. The van der Waals surface area contributed by atoms with Crippen molar-refractivity contribution < 1.29 is 33.3 Å². The molecule has 9 heteroatoms. The number of allylic oxidation sites excluding steroid dienone is 4. The average Bonchev–Trinajstić information content (AvgIpc) is 3.42. The van der Waals surface area contributed by atoms with Crippen molar-refractivity contribution in [2.24, 2.45) is 13.0 Å². The molecule has 0 aliphatic heterocycles. The first-order valence-electron chi connectivity index (χ1n) is 15.9. The van der Waals surface area contributed by atoms with Crippen molar-refractivity contribution >= 4 is 18.1 Å². The normalized spacial score (nSPS) is 12.0. The Morgan fingerprint density at radius 1 is 0.841 bits per heavy atom. The molecule has 44 heavy (non-hydrogen) atoms. The summed E-state index contributed by atoms with van der Waals surface area (Å²) in [5, 5.41) is 0. The summed E-state index contributed by atoms with van der Waals surface area (Å²) in [6.45, 7) is 1.73. The predicted molar refractivity (Wildman–Crippen MR) is 170 cm³/mol. The molecule has 0 amide bonds. The third kappa shape index (κ3) is 17.9. The second-order valence-electron chi connectivity index (χ2n) is 10.9. The number of benzene rings is 1. The maximum absolute atomic E-state index is 12.5. The van der Waals surface area contributed by atoms with Crippen LogP contribution in [0.15, 0.2) is 67.2 Å². The lowest BCUT2D eigenvalue weighted by Gasteiger charge is -2.17. The number of unbranched alkanes of at least 4 members (excludes halogenated alkanes) is 8. The number of hydrogen-bond acceptors (Lipinski definition) is 8. The minimum Gasteiger partial charge on any atom is -0.465 e. The maximum Gasteiger partial charge on any atom is 0.516 e. The van der Waals surface area contributed by atoms with E-state index in [9.17, 15) is 14.4 Å². The van der Waals surface area contributed by atoms with Gasteiger partial charge in [0.15, 0.2) is 0 Å². The van der Waals surface area contributed by atoms with Crippen LogP contribution in [-0.2, 0) is 37.3 Å². The topological polar surface area (TPSA) is 106 Å². The lowest BCUT2D eigenvalue weighted by atomic mass is 10.0.